The van der Waals surface area contributed by atoms with Gasteiger partial charge in [0.2, 0.25) is 0 Å². The van der Waals surface area contributed by atoms with E-state index in [2.05, 4.69) is 0 Å². The van der Waals surface area contributed by atoms with Gasteiger partial charge in [0.1, 0.15) is 4.75 Å². The summed E-state index contributed by atoms with van der Waals surface area (Å²) >= 11 is 1.59. The first kappa shape index (κ1) is 8.91. The molecule has 1 N–H and O–H groups in total. The lowest BCUT2D eigenvalue weighted by Gasteiger charge is -2.21. The Morgan fingerprint density at radius 1 is 1.55 bits per heavy atom. The second-order valence-corrected chi connectivity index (χ2v) is 4.59. The molecule has 0 aliphatic heterocycles. The standard InChI is InChI=1S/C8H14O2S/c1-2-11-8(7(9)10)5-3-4-6-8/h2-6H2,1H3,(H,9,10). The molecule has 11 heavy (non-hydrogen) atoms. The summed E-state index contributed by atoms with van der Waals surface area (Å²) in [5.41, 5.74) is 0. The Hall–Kier alpha value is -0.180. The van der Waals surface area contributed by atoms with Crippen molar-refractivity contribution in [1.29, 1.82) is 0 Å². The minimum atomic E-state index is -0.609. The van der Waals surface area contributed by atoms with E-state index in [4.69, 9.17) is 5.11 Å². The summed E-state index contributed by atoms with van der Waals surface area (Å²) in [7, 11) is 0. The molecule has 1 fully saturated rings. The van der Waals surface area contributed by atoms with Crippen molar-refractivity contribution in [2.24, 2.45) is 0 Å². The van der Waals surface area contributed by atoms with Gasteiger partial charge in [0.15, 0.2) is 0 Å². The largest absolute Gasteiger partial charge is 0.480 e. The molecule has 3 heteroatoms. The number of thioether (sulfide) groups is 1. The zero-order valence-electron chi connectivity index (χ0n) is 6.80. The van der Waals surface area contributed by atoms with Crippen molar-refractivity contribution in [3.63, 3.8) is 0 Å². The maximum atomic E-state index is 10.9. The minimum absolute atomic E-state index is 0.422. The second kappa shape index (κ2) is 3.48. The Bertz CT molecular complexity index is 150. The van der Waals surface area contributed by atoms with Crippen LogP contribution in [-0.2, 0) is 4.79 Å². The van der Waals surface area contributed by atoms with Crippen LogP contribution >= 0.6 is 11.8 Å². The minimum Gasteiger partial charge on any atom is -0.480 e. The van der Waals surface area contributed by atoms with Crippen molar-refractivity contribution >= 4 is 17.7 Å². The van der Waals surface area contributed by atoms with Gasteiger partial charge < -0.3 is 5.11 Å². The van der Waals surface area contributed by atoms with Crippen LogP contribution in [0.5, 0.6) is 0 Å². The molecule has 2 nitrogen and oxygen atoms in total. The molecule has 1 rings (SSSR count). The fourth-order valence-electron chi connectivity index (χ4n) is 1.64. The van der Waals surface area contributed by atoms with Gasteiger partial charge in [-0.05, 0) is 18.6 Å². The molecule has 0 aromatic carbocycles. The lowest BCUT2D eigenvalue weighted by molar-refractivity contribution is -0.139. The Kier molecular flexibility index (Phi) is 2.82. The van der Waals surface area contributed by atoms with Gasteiger partial charge in [0, 0.05) is 0 Å². The number of carboxylic acids is 1. The number of aliphatic carboxylic acids is 1. The van der Waals surface area contributed by atoms with E-state index in [-0.39, 0.29) is 0 Å². The summed E-state index contributed by atoms with van der Waals surface area (Å²) in [6, 6.07) is 0. The van der Waals surface area contributed by atoms with Crippen molar-refractivity contribution in [3.05, 3.63) is 0 Å². The van der Waals surface area contributed by atoms with Gasteiger partial charge in [0.25, 0.3) is 0 Å². The third kappa shape index (κ3) is 1.70. The molecule has 0 aromatic heterocycles. The van der Waals surface area contributed by atoms with E-state index in [1.807, 2.05) is 6.92 Å². The number of hydrogen-bond donors (Lipinski definition) is 1. The highest BCUT2D eigenvalue weighted by molar-refractivity contribution is 8.01. The lowest BCUT2D eigenvalue weighted by Crippen LogP contribution is -2.31. The maximum absolute atomic E-state index is 10.9. The molecule has 1 aliphatic rings. The summed E-state index contributed by atoms with van der Waals surface area (Å²) in [6.07, 6.45) is 3.89. The highest BCUT2D eigenvalue weighted by Gasteiger charge is 2.40. The lowest BCUT2D eigenvalue weighted by atomic mass is 10.1. The summed E-state index contributed by atoms with van der Waals surface area (Å²) in [5, 5.41) is 8.97. The molecule has 0 amide bonds. The quantitative estimate of drug-likeness (QED) is 0.712. The first-order valence-corrected chi connectivity index (χ1v) is 5.07. The predicted molar refractivity (Wildman–Crippen MR) is 47.0 cm³/mol. The third-order valence-corrected chi connectivity index (χ3v) is 3.65. The number of rotatable bonds is 3. The molecule has 1 saturated carbocycles. The number of carboxylic acid groups (broad SMARTS) is 1. The summed E-state index contributed by atoms with van der Waals surface area (Å²) in [6.45, 7) is 2.02. The van der Waals surface area contributed by atoms with Gasteiger partial charge in [-0.2, -0.15) is 0 Å². The summed E-state index contributed by atoms with van der Waals surface area (Å²) in [5.74, 6) is 0.300. The van der Waals surface area contributed by atoms with Crippen LogP contribution in [0.25, 0.3) is 0 Å². The molecule has 0 spiro atoms. The molecule has 0 aromatic rings. The zero-order chi connectivity index (χ0) is 8.32. The first-order valence-electron chi connectivity index (χ1n) is 4.08. The Labute approximate surface area is 71.4 Å². The van der Waals surface area contributed by atoms with Crippen molar-refractivity contribution in [2.75, 3.05) is 5.75 Å². The third-order valence-electron chi connectivity index (χ3n) is 2.22. The topological polar surface area (TPSA) is 37.3 Å². The SMILES string of the molecule is CCSC1(C(=O)O)CCCC1. The molecule has 64 valence electrons. The van der Waals surface area contributed by atoms with Crippen molar-refractivity contribution in [3.8, 4) is 0 Å². The van der Waals surface area contributed by atoms with Gasteiger partial charge in [-0.25, -0.2) is 0 Å². The van der Waals surface area contributed by atoms with E-state index in [0.717, 1.165) is 31.4 Å². The van der Waals surface area contributed by atoms with E-state index in [1.54, 1.807) is 11.8 Å². The molecule has 1 aliphatic carbocycles. The molecular formula is C8H14O2S. The number of carbonyl (C=O) groups is 1. The molecule has 0 bridgehead atoms. The highest BCUT2D eigenvalue weighted by Crippen LogP contribution is 2.41. The van der Waals surface area contributed by atoms with E-state index in [1.165, 1.54) is 0 Å². The smallest absolute Gasteiger partial charge is 0.319 e. The average Bonchev–Trinajstić information content (AvgIpc) is 2.38. The van der Waals surface area contributed by atoms with Crippen LogP contribution in [0, 0.1) is 0 Å². The van der Waals surface area contributed by atoms with Gasteiger partial charge in [-0.1, -0.05) is 19.8 Å². The molecule has 0 radical (unpaired) electrons. The van der Waals surface area contributed by atoms with Crippen molar-refractivity contribution in [1.82, 2.24) is 0 Å². The van der Waals surface area contributed by atoms with Gasteiger partial charge in [-0.3, -0.25) is 4.79 Å². The average molecular weight is 174 g/mol. The van der Waals surface area contributed by atoms with Crippen LogP contribution in [0.2, 0.25) is 0 Å². The van der Waals surface area contributed by atoms with Crippen LogP contribution in [0.3, 0.4) is 0 Å². The summed E-state index contributed by atoms with van der Waals surface area (Å²) < 4.78 is -0.422. The molecular weight excluding hydrogens is 160 g/mol. The van der Waals surface area contributed by atoms with E-state index in [9.17, 15) is 4.79 Å². The van der Waals surface area contributed by atoms with Crippen LogP contribution in [0.4, 0.5) is 0 Å². The Morgan fingerprint density at radius 2 is 2.09 bits per heavy atom. The molecule has 0 unspecified atom stereocenters. The molecule has 0 atom stereocenters. The predicted octanol–water partition coefficient (Wildman–Crippen LogP) is 2.14. The van der Waals surface area contributed by atoms with E-state index >= 15 is 0 Å². The molecule has 0 heterocycles. The second-order valence-electron chi connectivity index (χ2n) is 2.94. The van der Waals surface area contributed by atoms with Gasteiger partial charge >= 0.3 is 5.97 Å². The monoisotopic (exact) mass is 174 g/mol. The fraction of sp³-hybridized carbons (Fsp3) is 0.875. The van der Waals surface area contributed by atoms with E-state index < -0.39 is 10.7 Å². The van der Waals surface area contributed by atoms with Crippen molar-refractivity contribution < 1.29 is 9.90 Å². The van der Waals surface area contributed by atoms with E-state index in [0.29, 0.717) is 0 Å². The Balaban J connectivity index is 2.62. The maximum Gasteiger partial charge on any atom is 0.319 e. The first-order chi connectivity index (χ1) is 5.21. The number of hydrogen-bond acceptors (Lipinski definition) is 2. The van der Waals surface area contributed by atoms with Gasteiger partial charge in [-0.15, -0.1) is 11.8 Å². The van der Waals surface area contributed by atoms with Crippen LogP contribution in [0.1, 0.15) is 32.6 Å². The van der Waals surface area contributed by atoms with Crippen LogP contribution in [-0.4, -0.2) is 21.6 Å². The zero-order valence-corrected chi connectivity index (χ0v) is 7.62. The highest BCUT2D eigenvalue weighted by atomic mass is 32.2. The van der Waals surface area contributed by atoms with Crippen LogP contribution in [0.15, 0.2) is 0 Å². The normalized spacial score (nSPS) is 21.9. The summed E-state index contributed by atoms with van der Waals surface area (Å²) in [4.78, 5) is 10.9. The fourth-order valence-corrected chi connectivity index (χ4v) is 2.90. The Morgan fingerprint density at radius 3 is 2.45 bits per heavy atom. The van der Waals surface area contributed by atoms with Gasteiger partial charge in [0.05, 0.1) is 0 Å². The van der Waals surface area contributed by atoms with Crippen molar-refractivity contribution in [2.45, 2.75) is 37.4 Å². The molecule has 0 saturated heterocycles. The van der Waals surface area contributed by atoms with Crippen LogP contribution < -0.4 is 0 Å².